The van der Waals surface area contributed by atoms with Crippen molar-refractivity contribution in [2.75, 3.05) is 20.1 Å². The molecule has 9 heteroatoms. The van der Waals surface area contributed by atoms with Gasteiger partial charge in [0.15, 0.2) is 11.5 Å². The van der Waals surface area contributed by atoms with Crippen LogP contribution < -0.4 is 0 Å². The lowest BCUT2D eigenvalue weighted by atomic mass is 10.2. The molecule has 136 valence electrons. The Kier molecular flexibility index (Phi) is 4.15. The summed E-state index contributed by atoms with van der Waals surface area (Å²) >= 11 is 0. The van der Waals surface area contributed by atoms with Gasteiger partial charge < -0.3 is 14.0 Å². The van der Waals surface area contributed by atoms with Crippen molar-refractivity contribution in [3.05, 3.63) is 35.9 Å². The number of imidazole rings is 1. The first-order valence-corrected chi connectivity index (χ1v) is 8.57. The van der Waals surface area contributed by atoms with E-state index in [0.29, 0.717) is 35.9 Å². The minimum atomic E-state index is 0.00223. The van der Waals surface area contributed by atoms with E-state index in [2.05, 4.69) is 25.0 Å². The second kappa shape index (κ2) is 6.49. The Labute approximate surface area is 150 Å². The highest BCUT2D eigenvalue weighted by atomic mass is 16.5. The normalized spacial score (nSPS) is 17.5. The van der Waals surface area contributed by atoms with Crippen molar-refractivity contribution in [1.29, 1.82) is 0 Å². The van der Waals surface area contributed by atoms with Crippen molar-refractivity contribution in [2.45, 2.75) is 25.9 Å². The molecule has 1 fully saturated rings. The Hall–Kier alpha value is -2.81. The largest absolute Gasteiger partial charge is 0.340 e. The zero-order chi connectivity index (χ0) is 18.3. The first kappa shape index (κ1) is 16.6. The Morgan fingerprint density at radius 2 is 2.27 bits per heavy atom. The van der Waals surface area contributed by atoms with Gasteiger partial charge in [-0.25, -0.2) is 9.97 Å². The molecule has 4 rings (SSSR count). The molecule has 0 saturated carbocycles. The van der Waals surface area contributed by atoms with Gasteiger partial charge in [0.1, 0.15) is 5.52 Å². The summed E-state index contributed by atoms with van der Waals surface area (Å²) in [5.74, 6) is 1.23. The number of carbonyl (C=O) groups is 1. The topological polar surface area (TPSA) is 93.2 Å². The number of nitrogens with zero attached hydrogens (tertiary/aromatic N) is 7. The number of hydrogen-bond acceptors (Lipinski definition) is 7. The lowest BCUT2D eigenvalue weighted by Gasteiger charge is -2.23. The highest BCUT2D eigenvalue weighted by Crippen LogP contribution is 2.21. The van der Waals surface area contributed by atoms with E-state index in [-0.39, 0.29) is 11.9 Å². The van der Waals surface area contributed by atoms with Gasteiger partial charge in [0.25, 0.3) is 5.91 Å². The van der Waals surface area contributed by atoms with Gasteiger partial charge in [0, 0.05) is 39.3 Å². The minimum Gasteiger partial charge on any atom is -0.340 e. The molecule has 3 aromatic rings. The van der Waals surface area contributed by atoms with Crippen LogP contribution >= 0.6 is 0 Å². The molecule has 1 aliphatic heterocycles. The standard InChI is InChI=1S/C17H21N7O2/c1-11-20-14(21-26-11)9-22(2)12-5-7-24(8-12)17(25)13-4-6-18-16-15(13)19-10-23(16)3/h4,6,10,12H,5,7-9H2,1-3H3. The number of fused-ring (bicyclic) bond motifs is 1. The van der Waals surface area contributed by atoms with Gasteiger partial charge in [-0.05, 0) is 19.5 Å². The van der Waals surface area contributed by atoms with Crippen LogP contribution in [0.25, 0.3) is 11.2 Å². The summed E-state index contributed by atoms with van der Waals surface area (Å²) in [6.07, 6.45) is 4.26. The van der Waals surface area contributed by atoms with E-state index in [0.717, 1.165) is 18.6 Å². The van der Waals surface area contributed by atoms with E-state index < -0.39 is 0 Å². The van der Waals surface area contributed by atoms with Crippen molar-refractivity contribution in [2.24, 2.45) is 7.05 Å². The highest BCUT2D eigenvalue weighted by Gasteiger charge is 2.31. The van der Waals surface area contributed by atoms with Crippen LogP contribution in [0.1, 0.15) is 28.5 Å². The van der Waals surface area contributed by atoms with Crippen molar-refractivity contribution in [3.8, 4) is 0 Å². The summed E-state index contributed by atoms with van der Waals surface area (Å²) in [6, 6.07) is 2.01. The third kappa shape index (κ3) is 2.94. The average molecular weight is 355 g/mol. The molecule has 0 radical (unpaired) electrons. The molecule has 1 unspecified atom stereocenters. The Morgan fingerprint density at radius 1 is 1.42 bits per heavy atom. The summed E-state index contributed by atoms with van der Waals surface area (Å²) in [6.45, 7) is 3.77. The lowest BCUT2D eigenvalue weighted by Crippen LogP contribution is -2.36. The zero-order valence-electron chi connectivity index (χ0n) is 15.1. The van der Waals surface area contributed by atoms with Gasteiger partial charge in [0.05, 0.1) is 18.4 Å². The first-order valence-electron chi connectivity index (χ1n) is 8.57. The molecule has 1 atom stereocenters. The van der Waals surface area contributed by atoms with Crippen LogP contribution in [0.15, 0.2) is 23.1 Å². The fourth-order valence-electron chi connectivity index (χ4n) is 3.41. The van der Waals surface area contributed by atoms with Crippen LogP contribution in [0.3, 0.4) is 0 Å². The van der Waals surface area contributed by atoms with Gasteiger partial charge in [-0.3, -0.25) is 9.69 Å². The minimum absolute atomic E-state index is 0.00223. The molecule has 0 N–H and O–H groups in total. The number of likely N-dealkylation sites (N-methyl/N-ethyl adjacent to an activating group) is 1. The second-order valence-corrected chi connectivity index (χ2v) is 6.72. The van der Waals surface area contributed by atoms with E-state index in [1.165, 1.54) is 0 Å². The number of rotatable bonds is 4. The van der Waals surface area contributed by atoms with E-state index in [1.807, 2.05) is 23.6 Å². The summed E-state index contributed by atoms with van der Waals surface area (Å²) in [4.78, 5) is 29.9. The molecular formula is C17H21N7O2. The fraction of sp³-hybridized carbons (Fsp3) is 0.471. The molecule has 1 aliphatic rings. The third-order valence-corrected chi connectivity index (χ3v) is 4.86. The Bertz CT molecular complexity index is 948. The maximum Gasteiger partial charge on any atom is 0.256 e. The van der Waals surface area contributed by atoms with Crippen LogP contribution in [-0.2, 0) is 13.6 Å². The number of hydrogen-bond donors (Lipinski definition) is 0. The van der Waals surface area contributed by atoms with E-state index in [4.69, 9.17) is 4.52 Å². The molecule has 0 aliphatic carbocycles. The Balaban J connectivity index is 1.46. The van der Waals surface area contributed by atoms with Crippen LogP contribution in [0.2, 0.25) is 0 Å². The number of aromatic nitrogens is 5. The molecule has 1 saturated heterocycles. The lowest BCUT2D eigenvalue weighted by molar-refractivity contribution is 0.0781. The van der Waals surface area contributed by atoms with Crippen LogP contribution in [0.4, 0.5) is 0 Å². The summed E-state index contributed by atoms with van der Waals surface area (Å²) in [5.41, 5.74) is 1.97. The van der Waals surface area contributed by atoms with Gasteiger partial charge in [-0.1, -0.05) is 5.16 Å². The second-order valence-electron chi connectivity index (χ2n) is 6.72. The Morgan fingerprint density at radius 3 is 3.04 bits per heavy atom. The maximum absolute atomic E-state index is 13.0. The number of pyridine rings is 1. The van der Waals surface area contributed by atoms with E-state index >= 15 is 0 Å². The number of amides is 1. The fourth-order valence-corrected chi connectivity index (χ4v) is 3.41. The van der Waals surface area contributed by atoms with E-state index in [9.17, 15) is 4.79 Å². The molecule has 4 heterocycles. The van der Waals surface area contributed by atoms with Crippen LogP contribution in [-0.4, -0.2) is 66.6 Å². The molecule has 1 amide bonds. The van der Waals surface area contributed by atoms with Crippen LogP contribution in [0.5, 0.6) is 0 Å². The summed E-state index contributed by atoms with van der Waals surface area (Å²) in [5, 5.41) is 3.94. The highest BCUT2D eigenvalue weighted by molar-refractivity contribution is 6.04. The molecule has 0 aromatic carbocycles. The number of likely N-dealkylation sites (tertiary alicyclic amines) is 1. The van der Waals surface area contributed by atoms with Gasteiger partial charge >= 0.3 is 0 Å². The van der Waals surface area contributed by atoms with Crippen LogP contribution in [0, 0.1) is 6.92 Å². The molecule has 0 spiro atoms. The maximum atomic E-state index is 13.0. The van der Waals surface area contributed by atoms with Crippen molar-refractivity contribution in [1.82, 2.24) is 34.5 Å². The summed E-state index contributed by atoms with van der Waals surface area (Å²) < 4.78 is 6.84. The summed E-state index contributed by atoms with van der Waals surface area (Å²) in [7, 11) is 3.89. The molecule has 9 nitrogen and oxygen atoms in total. The monoisotopic (exact) mass is 355 g/mol. The van der Waals surface area contributed by atoms with Gasteiger partial charge in [-0.15, -0.1) is 0 Å². The first-order chi connectivity index (χ1) is 12.5. The zero-order valence-corrected chi connectivity index (χ0v) is 15.1. The number of aryl methyl sites for hydroxylation is 2. The predicted molar refractivity (Wildman–Crippen MR) is 93.3 cm³/mol. The molecule has 3 aromatic heterocycles. The average Bonchev–Trinajstić information content (AvgIpc) is 3.35. The van der Waals surface area contributed by atoms with Gasteiger partial charge in [-0.2, -0.15) is 4.98 Å². The SMILES string of the molecule is Cc1nc(CN(C)C2CCN(C(=O)c3ccnc4c3ncn4C)C2)no1. The van der Waals surface area contributed by atoms with E-state index in [1.54, 1.807) is 25.5 Å². The molecule has 26 heavy (non-hydrogen) atoms. The van der Waals surface area contributed by atoms with Crippen molar-refractivity contribution in [3.63, 3.8) is 0 Å². The quantitative estimate of drug-likeness (QED) is 0.689. The number of carbonyl (C=O) groups excluding carboxylic acids is 1. The van der Waals surface area contributed by atoms with Crippen molar-refractivity contribution >= 4 is 17.1 Å². The molecular weight excluding hydrogens is 334 g/mol. The third-order valence-electron chi connectivity index (χ3n) is 4.86. The van der Waals surface area contributed by atoms with Gasteiger partial charge in [0.2, 0.25) is 5.89 Å². The predicted octanol–water partition coefficient (Wildman–Crippen LogP) is 1.01. The smallest absolute Gasteiger partial charge is 0.256 e. The van der Waals surface area contributed by atoms with Crippen molar-refractivity contribution < 1.29 is 9.32 Å². The molecule has 0 bridgehead atoms.